The predicted molar refractivity (Wildman–Crippen MR) is 91.3 cm³/mol. The van der Waals surface area contributed by atoms with Gasteiger partial charge in [0.25, 0.3) is 0 Å². The summed E-state index contributed by atoms with van der Waals surface area (Å²) in [6.07, 6.45) is 2.45. The number of benzene rings is 1. The van der Waals surface area contributed by atoms with E-state index < -0.39 is 0 Å². The first-order valence-electron chi connectivity index (χ1n) is 7.66. The number of hydrogen-bond acceptors (Lipinski definition) is 5. The van der Waals surface area contributed by atoms with Crippen LogP contribution in [0.25, 0.3) is 5.69 Å². The molecule has 0 fully saturated rings. The average molecular weight is 340 g/mol. The molecule has 0 spiro atoms. The summed E-state index contributed by atoms with van der Waals surface area (Å²) in [4.78, 5) is 15.9. The second-order valence-electron chi connectivity index (χ2n) is 5.72. The van der Waals surface area contributed by atoms with Crippen LogP contribution in [-0.2, 0) is 13.0 Å². The number of rotatable bonds is 2. The lowest BCUT2D eigenvalue weighted by Gasteiger charge is -2.27. The molecule has 3 aromatic rings. The molecule has 1 aliphatic heterocycles. The number of anilines is 1. The van der Waals surface area contributed by atoms with E-state index in [0.29, 0.717) is 6.54 Å². The Morgan fingerprint density at radius 3 is 3.08 bits per heavy atom. The highest BCUT2D eigenvalue weighted by atomic mass is 32.1. The van der Waals surface area contributed by atoms with E-state index in [9.17, 15) is 4.79 Å². The largest absolute Gasteiger partial charge is 0.322 e. The average Bonchev–Trinajstić information content (AvgIpc) is 3.27. The van der Waals surface area contributed by atoms with Crippen LogP contribution in [0, 0.1) is 6.92 Å². The first-order chi connectivity index (χ1) is 11.7. The Labute approximate surface area is 142 Å². The summed E-state index contributed by atoms with van der Waals surface area (Å²) in [5.74, 6) is 0. The Kier molecular flexibility index (Phi) is 3.73. The fourth-order valence-electron chi connectivity index (χ4n) is 2.78. The van der Waals surface area contributed by atoms with E-state index in [4.69, 9.17) is 0 Å². The Bertz CT molecular complexity index is 873. The number of fused-ring (bicyclic) bond motifs is 1. The van der Waals surface area contributed by atoms with Gasteiger partial charge in [0.2, 0.25) is 0 Å². The molecule has 2 amide bonds. The van der Waals surface area contributed by atoms with Crippen molar-refractivity contribution in [3.63, 3.8) is 0 Å². The van der Waals surface area contributed by atoms with E-state index in [1.807, 2.05) is 30.0 Å². The van der Waals surface area contributed by atoms with Crippen LogP contribution in [0.4, 0.5) is 10.5 Å². The fourth-order valence-corrected chi connectivity index (χ4v) is 3.67. The SMILES string of the molecule is Cc1ccc(-n2cnnn2)cc1NC(=O)N1CCc2sccc2C1. The van der Waals surface area contributed by atoms with Crippen molar-refractivity contribution in [3.05, 3.63) is 52.0 Å². The van der Waals surface area contributed by atoms with Gasteiger partial charge in [-0.25, -0.2) is 9.48 Å². The molecule has 4 rings (SSSR count). The third-order valence-corrected chi connectivity index (χ3v) is 5.19. The molecule has 7 nitrogen and oxygen atoms in total. The maximum Gasteiger partial charge on any atom is 0.322 e. The number of urea groups is 1. The lowest BCUT2D eigenvalue weighted by Crippen LogP contribution is -2.38. The van der Waals surface area contributed by atoms with Gasteiger partial charge in [-0.15, -0.1) is 16.4 Å². The van der Waals surface area contributed by atoms with Gasteiger partial charge in [0.1, 0.15) is 6.33 Å². The second kappa shape index (κ2) is 6.04. The minimum atomic E-state index is -0.0798. The maximum absolute atomic E-state index is 12.6. The number of thiophene rings is 1. The van der Waals surface area contributed by atoms with Crippen molar-refractivity contribution in [1.82, 2.24) is 25.1 Å². The summed E-state index contributed by atoms with van der Waals surface area (Å²) in [6, 6.07) is 7.76. The highest BCUT2D eigenvalue weighted by molar-refractivity contribution is 7.10. The molecule has 0 saturated carbocycles. The van der Waals surface area contributed by atoms with Gasteiger partial charge < -0.3 is 10.2 Å². The van der Waals surface area contributed by atoms with Crippen LogP contribution in [0.3, 0.4) is 0 Å². The molecule has 1 aromatic carbocycles. The summed E-state index contributed by atoms with van der Waals surface area (Å²) >= 11 is 1.77. The Morgan fingerprint density at radius 1 is 1.33 bits per heavy atom. The van der Waals surface area contributed by atoms with Crippen LogP contribution in [0.5, 0.6) is 0 Å². The molecule has 2 aromatic heterocycles. The quantitative estimate of drug-likeness (QED) is 0.778. The van der Waals surface area contributed by atoms with Crippen LogP contribution in [0.2, 0.25) is 0 Å². The zero-order valence-corrected chi connectivity index (χ0v) is 14.0. The van der Waals surface area contributed by atoms with Gasteiger partial charge in [-0.3, -0.25) is 0 Å². The van der Waals surface area contributed by atoms with Gasteiger partial charge in [0, 0.05) is 23.7 Å². The van der Waals surface area contributed by atoms with Crippen molar-refractivity contribution in [2.45, 2.75) is 19.9 Å². The zero-order chi connectivity index (χ0) is 16.5. The molecule has 0 unspecified atom stereocenters. The lowest BCUT2D eigenvalue weighted by atomic mass is 10.1. The van der Waals surface area contributed by atoms with Gasteiger partial charge in [-0.1, -0.05) is 6.07 Å². The van der Waals surface area contributed by atoms with Gasteiger partial charge >= 0.3 is 6.03 Å². The minimum Gasteiger partial charge on any atom is -0.320 e. The molecule has 8 heteroatoms. The van der Waals surface area contributed by atoms with E-state index in [2.05, 4.69) is 32.3 Å². The van der Waals surface area contributed by atoms with E-state index in [1.165, 1.54) is 16.8 Å². The number of amides is 2. The Balaban J connectivity index is 1.53. The van der Waals surface area contributed by atoms with Crippen LogP contribution >= 0.6 is 11.3 Å². The van der Waals surface area contributed by atoms with Crippen LogP contribution in [0.15, 0.2) is 36.0 Å². The molecular weight excluding hydrogens is 324 g/mol. The molecule has 1 N–H and O–H groups in total. The number of carbonyl (C=O) groups excluding carboxylic acids is 1. The van der Waals surface area contributed by atoms with Gasteiger partial charge in [0.05, 0.1) is 5.69 Å². The van der Waals surface area contributed by atoms with Gasteiger partial charge in [-0.2, -0.15) is 0 Å². The smallest absolute Gasteiger partial charge is 0.320 e. The summed E-state index contributed by atoms with van der Waals surface area (Å²) in [6.45, 7) is 3.37. The molecule has 3 heterocycles. The number of carbonyl (C=O) groups is 1. The third-order valence-electron chi connectivity index (χ3n) is 4.17. The van der Waals surface area contributed by atoms with Crippen LogP contribution in [-0.4, -0.2) is 37.7 Å². The molecule has 0 bridgehead atoms. The van der Waals surface area contributed by atoms with Crippen LogP contribution in [0.1, 0.15) is 16.0 Å². The summed E-state index contributed by atoms with van der Waals surface area (Å²) in [5, 5.41) is 16.3. The van der Waals surface area contributed by atoms with Gasteiger partial charge in [0.15, 0.2) is 0 Å². The standard InChI is InChI=1S/C16H16N6OS/c1-11-2-3-13(22-10-17-19-20-22)8-14(11)18-16(23)21-6-4-15-12(9-21)5-7-24-15/h2-3,5,7-8,10H,4,6,9H2,1H3,(H,18,23). The molecule has 0 saturated heterocycles. The monoisotopic (exact) mass is 340 g/mol. The summed E-state index contributed by atoms with van der Waals surface area (Å²) in [5.41, 5.74) is 3.82. The van der Waals surface area contributed by atoms with Gasteiger partial charge in [-0.05, 0) is 58.5 Å². The minimum absolute atomic E-state index is 0.0798. The molecule has 1 aliphatic rings. The number of nitrogens with one attached hydrogen (secondary N) is 1. The van der Waals surface area contributed by atoms with Crippen molar-refractivity contribution in [3.8, 4) is 5.69 Å². The van der Waals surface area contributed by atoms with E-state index >= 15 is 0 Å². The third kappa shape index (κ3) is 2.76. The van der Waals surface area contributed by atoms with E-state index in [-0.39, 0.29) is 6.03 Å². The van der Waals surface area contributed by atoms with Crippen molar-refractivity contribution < 1.29 is 4.79 Å². The zero-order valence-electron chi connectivity index (χ0n) is 13.1. The molecule has 0 atom stereocenters. The van der Waals surface area contributed by atoms with Crippen LogP contribution < -0.4 is 5.32 Å². The highest BCUT2D eigenvalue weighted by Crippen LogP contribution is 2.25. The molecule has 0 aliphatic carbocycles. The van der Waals surface area contributed by atoms with Crippen molar-refractivity contribution in [2.75, 3.05) is 11.9 Å². The van der Waals surface area contributed by atoms with E-state index in [0.717, 1.165) is 29.9 Å². The van der Waals surface area contributed by atoms with Crippen molar-refractivity contribution in [2.24, 2.45) is 0 Å². The molecule has 24 heavy (non-hydrogen) atoms. The first-order valence-corrected chi connectivity index (χ1v) is 8.54. The van der Waals surface area contributed by atoms with Crippen molar-refractivity contribution >= 4 is 23.1 Å². The molecule has 122 valence electrons. The van der Waals surface area contributed by atoms with E-state index in [1.54, 1.807) is 16.0 Å². The highest BCUT2D eigenvalue weighted by Gasteiger charge is 2.21. The normalized spacial score (nSPS) is 13.6. The lowest BCUT2D eigenvalue weighted by molar-refractivity contribution is 0.207. The molecular formula is C16H16N6OS. The number of aryl methyl sites for hydroxylation is 1. The number of nitrogens with zero attached hydrogens (tertiary/aromatic N) is 5. The molecule has 0 radical (unpaired) electrons. The number of hydrogen-bond donors (Lipinski definition) is 1. The fraction of sp³-hybridized carbons (Fsp3) is 0.250. The Morgan fingerprint density at radius 2 is 2.25 bits per heavy atom. The predicted octanol–water partition coefficient (Wildman–Crippen LogP) is 2.62. The number of tetrazole rings is 1. The topological polar surface area (TPSA) is 75.9 Å². The summed E-state index contributed by atoms with van der Waals surface area (Å²) in [7, 11) is 0. The maximum atomic E-state index is 12.6. The summed E-state index contributed by atoms with van der Waals surface area (Å²) < 4.78 is 1.56. The Hall–Kier alpha value is -2.74. The second-order valence-corrected chi connectivity index (χ2v) is 6.73. The number of aromatic nitrogens is 4. The van der Waals surface area contributed by atoms with Crippen molar-refractivity contribution in [1.29, 1.82) is 0 Å². The first kappa shape index (κ1) is 14.8.